The van der Waals surface area contributed by atoms with E-state index in [2.05, 4.69) is 10.3 Å². The number of pyridine rings is 1. The van der Waals surface area contributed by atoms with Crippen molar-refractivity contribution in [2.24, 2.45) is 0 Å². The van der Waals surface area contributed by atoms with Crippen molar-refractivity contribution >= 4 is 46.6 Å². The minimum atomic E-state index is -1.11. The van der Waals surface area contributed by atoms with Crippen molar-refractivity contribution in [2.75, 3.05) is 53.0 Å². The van der Waals surface area contributed by atoms with Gasteiger partial charge in [0.05, 0.1) is 12.1 Å². The number of hydrogen-bond donors (Lipinski definition) is 1. The minimum absolute atomic E-state index is 0.0339. The van der Waals surface area contributed by atoms with Crippen molar-refractivity contribution in [3.8, 4) is 5.75 Å². The third kappa shape index (κ3) is 10.1. The molecule has 2 saturated heterocycles. The van der Waals surface area contributed by atoms with Gasteiger partial charge in [-0.25, -0.2) is 9.78 Å². The fourth-order valence-corrected chi connectivity index (χ4v) is 6.65. The lowest BCUT2D eigenvalue weighted by Gasteiger charge is -2.36. The molecule has 0 unspecified atom stereocenters. The van der Waals surface area contributed by atoms with Crippen molar-refractivity contribution in [2.45, 2.75) is 96.9 Å². The number of likely N-dealkylation sites (N-methyl/N-ethyl adjacent to an activating group) is 1. The zero-order valence-corrected chi connectivity index (χ0v) is 31.6. The van der Waals surface area contributed by atoms with Crippen molar-refractivity contribution in [1.82, 2.24) is 29.9 Å². The molecule has 1 saturated carbocycles. The van der Waals surface area contributed by atoms with Gasteiger partial charge in [-0.05, 0) is 84.4 Å². The van der Waals surface area contributed by atoms with Gasteiger partial charge in [-0.15, -0.1) is 0 Å². The third-order valence-electron chi connectivity index (χ3n) is 9.59. The number of esters is 1. The van der Waals surface area contributed by atoms with Crippen molar-refractivity contribution in [1.29, 1.82) is 0 Å². The molecule has 2 atom stereocenters. The van der Waals surface area contributed by atoms with Crippen LogP contribution in [-0.4, -0.2) is 137 Å². The van der Waals surface area contributed by atoms with Crippen molar-refractivity contribution in [3.63, 3.8) is 0 Å². The summed E-state index contributed by atoms with van der Waals surface area (Å²) in [4.78, 5) is 90.2. The highest BCUT2D eigenvalue weighted by molar-refractivity contribution is 5.99. The molecule has 0 spiro atoms. The van der Waals surface area contributed by atoms with Crippen LogP contribution in [0.15, 0.2) is 24.3 Å². The second-order valence-corrected chi connectivity index (χ2v) is 14.9. The van der Waals surface area contributed by atoms with Gasteiger partial charge in [-0.2, -0.15) is 0 Å². The first kappa shape index (κ1) is 39.3. The van der Waals surface area contributed by atoms with E-state index >= 15 is 0 Å². The van der Waals surface area contributed by atoms with E-state index in [0.29, 0.717) is 23.9 Å². The molecule has 288 valence electrons. The van der Waals surface area contributed by atoms with Gasteiger partial charge in [0.15, 0.2) is 6.61 Å². The van der Waals surface area contributed by atoms with Crippen LogP contribution in [0.3, 0.4) is 0 Å². The number of carbonyl (C=O) groups is 6. The molecule has 53 heavy (non-hydrogen) atoms. The molecule has 1 aliphatic carbocycles. The summed E-state index contributed by atoms with van der Waals surface area (Å²) in [5, 5.41) is 3.37. The van der Waals surface area contributed by atoms with E-state index in [1.54, 1.807) is 61.6 Å². The number of amides is 5. The molecule has 0 bridgehead atoms. The Hall–Kier alpha value is -4.95. The highest BCUT2D eigenvalue weighted by atomic mass is 16.6. The average Bonchev–Trinajstić information content (AvgIpc) is 3.85. The number of nitrogens with one attached hydrogen (secondary N) is 1. The summed E-state index contributed by atoms with van der Waals surface area (Å²) >= 11 is 0. The Morgan fingerprint density at radius 3 is 2.34 bits per heavy atom. The van der Waals surface area contributed by atoms with Crippen LogP contribution in [0.1, 0.15) is 82.3 Å². The lowest BCUT2D eigenvalue weighted by molar-refractivity contribution is -0.155. The quantitative estimate of drug-likeness (QED) is 0.320. The molecule has 2 aliphatic heterocycles. The molecule has 3 aliphatic rings. The molecule has 3 fully saturated rings. The van der Waals surface area contributed by atoms with Gasteiger partial charge in [0.2, 0.25) is 11.8 Å². The molecule has 1 aromatic heterocycles. The van der Waals surface area contributed by atoms with E-state index < -0.39 is 41.6 Å². The second-order valence-electron chi connectivity index (χ2n) is 14.9. The van der Waals surface area contributed by atoms with E-state index in [1.165, 1.54) is 11.0 Å². The monoisotopic (exact) mass is 736 g/mol. The maximum atomic E-state index is 13.9. The third-order valence-corrected chi connectivity index (χ3v) is 9.59. The van der Waals surface area contributed by atoms with Crippen LogP contribution >= 0.6 is 0 Å². The number of rotatable bonds is 12. The van der Waals surface area contributed by atoms with Gasteiger partial charge < -0.3 is 39.1 Å². The number of fused-ring (bicyclic) bond motifs is 1. The first-order valence-electron chi connectivity index (χ1n) is 18.5. The van der Waals surface area contributed by atoms with Crippen molar-refractivity contribution in [3.05, 3.63) is 35.5 Å². The van der Waals surface area contributed by atoms with Crippen molar-refractivity contribution < 1.29 is 43.0 Å². The van der Waals surface area contributed by atoms with Crippen LogP contribution < -0.4 is 10.1 Å². The first-order chi connectivity index (χ1) is 25.1. The predicted molar refractivity (Wildman–Crippen MR) is 194 cm³/mol. The molecule has 5 rings (SSSR count). The average molecular weight is 737 g/mol. The Balaban J connectivity index is 1.33. The van der Waals surface area contributed by atoms with Gasteiger partial charge >= 0.3 is 12.1 Å². The fraction of sp³-hybridized carbons (Fsp3) is 0.605. The first-order valence-corrected chi connectivity index (χ1v) is 18.5. The number of likely N-dealkylation sites (tertiary alicyclic amines) is 1. The number of carbonyl (C=O) groups excluding carboxylic acids is 6. The fourth-order valence-electron chi connectivity index (χ4n) is 6.65. The highest BCUT2D eigenvalue weighted by Crippen LogP contribution is 2.30. The van der Waals surface area contributed by atoms with E-state index in [1.807, 2.05) is 13.0 Å². The van der Waals surface area contributed by atoms with Gasteiger partial charge in [-0.3, -0.25) is 24.0 Å². The van der Waals surface area contributed by atoms with Gasteiger partial charge in [0, 0.05) is 63.7 Å². The van der Waals surface area contributed by atoms with Crippen LogP contribution in [0.2, 0.25) is 0 Å². The summed E-state index contributed by atoms with van der Waals surface area (Å²) in [6.45, 7) is 10.1. The molecule has 15 nitrogen and oxygen atoms in total. The lowest BCUT2D eigenvalue weighted by atomic mass is 10.1. The molecule has 1 N–H and O–H groups in total. The zero-order chi connectivity index (χ0) is 38.4. The molecule has 1 aromatic carbocycles. The number of ether oxygens (including phenoxy) is 3. The Morgan fingerprint density at radius 2 is 1.68 bits per heavy atom. The number of hydrogen-bond acceptors (Lipinski definition) is 10. The van der Waals surface area contributed by atoms with Crippen LogP contribution in [0, 0.1) is 6.92 Å². The molecular weight excluding hydrogens is 684 g/mol. The minimum Gasteiger partial charge on any atom is -0.483 e. The number of aryl methyl sites for hydroxylation is 1. The van der Waals surface area contributed by atoms with Gasteiger partial charge in [-0.1, -0.05) is 6.07 Å². The molecule has 2 aromatic rings. The lowest BCUT2D eigenvalue weighted by Crippen LogP contribution is -2.56. The van der Waals surface area contributed by atoms with Gasteiger partial charge in [0.1, 0.15) is 29.1 Å². The molecule has 5 amide bonds. The number of nitrogens with zero attached hydrogens (tertiary/aromatic N) is 5. The topological polar surface area (TPSA) is 168 Å². The SMILES string of the molecule is CCOC(=O)N1CCN(C(=O)[C@H](CCC(=O)OC(C)(C)C)NC(=O)c2cc(OCC(=O)N3CCC[C@H]3C(=O)N(C)C3CC3)c3ccc(C)cc3n2)CC1. The van der Waals surface area contributed by atoms with E-state index in [4.69, 9.17) is 14.2 Å². The largest absolute Gasteiger partial charge is 0.483 e. The zero-order valence-electron chi connectivity index (χ0n) is 31.6. The maximum Gasteiger partial charge on any atom is 0.409 e. The normalized spacial score (nSPS) is 18.0. The van der Waals surface area contributed by atoms with E-state index in [9.17, 15) is 28.8 Å². The molecular formula is C38H52N6O9. The summed E-state index contributed by atoms with van der Waals surface area (Å²) in [7, 11) is 1.79. The van der Waals surface area contributed by atoms with E-state index in [0.717, 1.165) is 24.8 Å². The summed E-state index contributed by atoms with van der Waals surface area (Å²) < 4.78 is 16.6. The Bertz CT molecular complexity index is 1710. The molecule has 0 radical (unpaired) electrons. The smallest absolute Gasteiger partial charge is 0.409 e. The summed E-state index contributed by atoms with van der Waals surface area (Å²) in [5.41, 5.74) is 0.558. The summed E-state index contributed by atoms with van der Waals surface area (Å²) in [6, 6.07) is 5.49. The van der Waals surface area contributed by atoms with E-state index in [-0.39, 0.29) is 81.5 Å². The Morgan fingerprint density at radius 1 is 0.981 bits per heavy atom. The maximum absolute atomic E-state index is 13.9. The second kappa shape index (κ2) is 16.8. The number of piperazine rings is 1. The Kier molecular flexibility index (Phi) is 12.4. The van der Waals surface area contributed by atoms with Crippen LogP contribution in [0.4, 0.5) is 4.79 Å². The number of benzene rings is 1. The highest BCUT2D eigenvalue weighted by Gasteiger charge is 2.40. The van der Waals surface area contributed by atoms with Gasteiger partial charge in [0.25, 0.3) is 11.8 Å². The summed E-state index contributed by atoms with van der Waals surface area (Å²) in [5.74, 6) is -1.74. The standard InChI is InChI=1S/C38H52N6O9/c1-7-51-37(50)43-19-17-42(18-20-43)35(48)27(14-15-33(46)53-38(3,4)5)40-34(47)29-22-31(26-13-10-24(2)21-28(26)39-29)52-23-32(45)44-16-8-9-30(44)36(49)41(6)25-11-12-25/h10,13,21-22,25,27,30H,7-9,11-12,14-20,23H2,1-6H3,(H,40,47)/t27-,30-/m0/s1. The van der Waals surface area contributed by atoms with Crippen LogP contribution in [-0.2, 0) is 28.7 Å². The predicted octanol–water partition coefficient (Wildman–Crippen LogP) is 3.05. The number of aromatic nitrogens is 1. The summed E-state index contributed by atoms with van der Waals surface area (Å²) in [6.07, 6.45) is 2.64. The van der Waals surface area contributed by atoms with Crippen LogP contribution in [0.5, 0.6) is 5.75 Å². The Labute approximate surface area is 310 Å². The van der Waals surface area contributed by atoms with Crippen LogP contribution in [0.25, 0.3) is 10.9 Å². The molecule has 3 heterocycles. The molecule has 15 heteroatoms.